The van der Waals surface area contributed by atoms with Crippen LogP contribution in [0.25, 0.3) is 0 Å². The SMILES string of the molecule is COc1cc([N+](=O)[O-])ccc1NC(=O)c1ccccc1Br. The predicted molar refractivity (Wildman–Crippen MR) is 81.7 cm³/mol. The van der Waals surface area contributed by atoms with Crippen molar-refractivity contribution in [1.82, 2.24) is 0 Å². The summed E-state index contributed by atoms with van der Waals surface area (Å²) in [4.78, 5) is 22.4. The zero-order chi connectivity index (χ0) is 15.4. The van der Waals surface area contributed by atoms with E-state index in [0.29, 0.717) is 15.7 Å². The Balaban J connectivity index is 2.29. The van der Waals surface area contributed by atoms with Gasteiger partial charge in [-0.25, -0.2) is 0 Å². The minimum absolute atomic E-state index is 0.106. The summed E-state index contributed by atoms with van der Waals surface area (Å²) in [6.07, 6.45) is 0. The van der Waals surface area contributed by atoms with Crippen molar-refractivity contribution in [3.8, 4) is 5.75 Å². The van der Waals surface area contributed by atoms with E-state index in [0.717, 1.165) is 0 Å². The maximum absolute atomic E-state index is 12.2. The number of ether oxygens (including phenoxy) is 1. The van der Waals surface area contributed by atoms with Crippen molar-refractivity contribution in [3.63, 3.8) is 0 Å². The molecule has 21 heavy (non-hydrogen) atoms. The number of hydrogen-bond donors (Lipinski definition) is 1. The van der Waals surface area contributed by atoms with Gasteiger partial charge in [0.2, 0.25) is 0 Å². The monoisotopic (exact) mass is 350 g/mol. The van der Waals surface area contributed by atoms with Gasteiger partial charge in [0, 0.05) is 10.5 Å². The van der Waals surface area contributed by atoms with Gasteiger partial charge >= 0.3 is 0 Å². The first-order valence-corrected chi connectivity index (χ1v) is 6.70. The third kappa shape index (κ3) is 3.38. The molecule has 0 unspecified atom stereocenters. The Morgan fingerprint density at radius 1 is 1.29 bits per heavy atom. The van der Waals surface area contributed by atoms with E-state index in [-0.39, 0.29) is 17.3 Å². The third-order valence-electron chi connectivity index (χ3n) is 2.76. The molecule has 0 radical (unpaired) electrons. The van der Waals surface area contributed by atoms with Gasteiger partial charge < -0.3 is 10.1 Å². The van der Waals surface area contributed by atoms with Crippen LogP contribution in [0, 0.1) is 10.1 Å². The molecule has 2 aromatic carbocycles. The molecule has 1 amide bonds. The van der Waals surface area contributed by atoms with Gasteiger partial charge in [-0.2, -0.15) is 0 Å². The van der Waals surface area contributed by atoms with Crippen LogP contribution in [0.3, 0.4) is 0 Å². The van der Waals surface area contributed by atoms with Gasteiger partial charge in [-0.05, 0) is 34.1 Å². The summed E-state index contributed by atoms with van der Waals surface area (Å²) < 4.78 is 5.73. The van der Waals surface area contributed by atoms with Gasteiger partial charge in [-0.1, -0.05) is 12.1 Å². The van der Waals surface area contributed by atoms with Gasteiger partial charge in [0.1, 0.15) is 5.75 Å². The summed E-state index contributed by atoms with van der Waals surface area (Å²) in [5, 5.41) is 13.4. The topological polar surface area (TPSA) is 81.5 Å². The number of hydrogen-bond acceptors (Lipinski definition) is 4. The fourth-order valence-corrected chi connectivity index (χ4v) is 2.20. The van der Waals surface area contributed by atoms with E-state index in [9.17, 15) is 14.9 Å². The molecule has 6 nitrogen and oxygen atoms in total. The average Bonchev–Trinajstić information content (AvgIpc) is 2.47. The number of nitro benzene ring substituents is 1. The number of carbonyl (C=O) groups is 1. The van der Waals surface area contributed by atoms with Crippen molar-refractivity contribution in [3.05, 3.63) is 62.6 Å². The van der Waals surface area contributed by atoms with E-state index in [2.05, 4.69) is 21.2 Å². The van der Waals surface area contributed by atoms with Crippen LogP contribution in [0.15, 0.2) is 46.9 Å². The molecule has 1 N–H and O–H groups in total. The molecule has 0 aliphatic carbocycles. The summed E-state index contributed by atoms with van der Waals surface area (Å²) in [6.45, 7) is 0. The molecular formula is C14H11BrN2O4. The molecule has 0 bridgehead atoms. The number of methoxy groups -OCH3 is 1. The normalized spacial score (nSPS) is 10.0. The highest BCUT2D eigenvalue weighted by Gasteiger charge is 2.15. The summed E-state index contributed by atoms with van der Waals surface area (Å²) in [6, 6.07) is 11.0. The van der Waals surface area contributed by atoms with Crippen LogP contribution in [0.4, 0.5) is 11.4 Å². The van der Waals surface area contributed by atoms with E-state index in [1.807, 2.05) is 0 Å². The Kier molecular flexibility index (Phi) is 4.54. The van der Waals surface area contributed by atoms with Gasteiger partial charge in [-0.15, -0.1) is 0 Å². The highest BCUT2D eigenvalue weighted by Crippen LogP contribution is 2.29. The van der Waals surface area contributed by atoms with E-state index in [4.69, 9.17) is 4.74 Å². The second kappa shape index (κ2) is 6.36. The van der Waals surface area contributed by atoms with E-state index in [1.165, 1.54) is 25.3 Å². The van der Waals surface area contributed by atoms with E-state index >= 15 is 0 Å². The number of benzene rings is 2. The Bertz CT molecular complexity index is 703. The summed E-state index contributed by atoms with van der Waals surface area (Å²) in [5.74, 6) is -0.112. The molecule has 0 aliphatic rings. The molecule has 0 fully saturated rings. The number of halogens is 1. The molecule has 0 heterocycles. The predicted octanol–water partition coefficient (Wildman–Crippen LogP) is 3.62. The Morgan fingerprint density at radius 2 is 2.00 bits per heavy atom. The fourth-order valence-electron chi connectivity index (χ4n) is 1.73. The Labute approximate surface area is 129 Å². The lowest BCUT2D eigenvalue weighted by Crippen LogP contribution is -2.13. The minimum Gasteiger partial charge on any atom is -0.494 e. The first kappa shape index (κ1) is 15.0. The van der Waals surface area contributed by atoms with Crippen molar-refractivity contribution >= 4 is 33.2 Å². The lowest BCUT2D eigenvalue weighted by molar-refractivity contribution is -0.384. The summed E-state index contributed by atoms with van der Waals surface area (Å²) in [7, 11) is 1.38. The second-order valence-corrected chi connectivity index (χ2v) is 4.93. The molecule has 0 aromatic heterocycles. The number of amides is 1. The van der Waals surface area contributed by atoms with Crippen molar-refractivity contribution in [1.29, 1.82) is 0 Å². The Morgan fingerprint density at radius 3 is 2.62 bits per heavy atom. The second-order valence-electron chi connectivity index (χ2n) is 4.08. The lowest BCUT2D eigenvalue weighted by atomic mass is 10.2. The van der Waals surface area contributed by atoms with E-state index in [1.54, 1.807) is 24.3 Å². The van der Waals surface area contributed by atoms with Crippen molar-refractivity contribution < 1.29 is 14.5 Å². The van der Waals surface area contributed by atoms with Crippen LogP contribution in [-0.2, 0) is 0 Å². The van der Waals surface area contributed by atoms with Crippen LogP contribution in [0.1, 0.15) is 10.4 Å². The number of nitrogens with one attached hydrogen (secondary N) is 1. The van der Waals surface area contributed by atoms with Gasteiger partial charge in [0.15, 0.2) is 0 Å². The number of non-ortho nitro benzene ring substituents is 1. The Hall–Kier alpha value is -2.41. The zero-order valence-corrected chi connectivity index (χ0v) is 12.6. The first-order chi connectivity index (χ1) is 10.0. The smallest absolute Gasteiger partial charge is 0.273 e. The number of nitro groups is 1. The average molecular weight is 351 g/mol. The molecular weight excluding hydrogens is 340 g/mol. The summed E-state index contributed by atoms with van der Waals surface area (Å²) in [5.41, 5.74) is 0.715. The van der Waals surface area contributed by atoms with Crippen LogP contribution < -0.4 is 10.1 Å². The molecule has 2 rings (SSSR count). The first-order valence-electron chi connectivity index (χ1n) is 5.91. The van der Waals surface area contributed by atoms with Gasteiger partial charge in [0.05, 0.1) is 29.4 Å². The minimum atomic E-state index is -0.526. The van der Waals surface area contributed by atoms with Gasteiger partial charge in [0.25, 0.3) is 11.6 Å². The molecule has 0 saturated heterocycles. The third-order valence-corrected chi connectivity index (χ3v) is 3.45. The zero-order valence-electron chi connectivity index (χ0n) is 11.0. The lowest BCUT2D eigenvalue weighted by Gasteiger charge is -2.10. The highest BCUT2D eigenvalue weighted by atomic mass is 79.9. The van der Waals surface area contributed by atoms with Crippen molar-refractivity contribution in [2.24, 2.45) is 0 Å². The molecule has 108 valence electrons. The van der Waals surface area contributed by atoms with Gasteiger partial charge in [-0.3, -0.25) is 14.9 Å². The van der Waals surface area contributed by atoms with Crippen LogP contribution in [0.5, 0.6) is 5.75 Å². The van der Waals surface area contributed by atoms with E-state index < -0.39 is 4.92 Å². The summed E-state index contributed by atoms with van der Waals surface area (Å²) >= 11 is 3.30. The van der Waals surface area contributed by atoms with Crippen molar-refractivity contribution in [2.75, 3.05) is 12.4 Å². The maximum atomic E-state index is 12.2. The van der Waals surface area contributed by atoms with Crippen LogP contribution in [-0.4, -0.2) is 17.9 Å². The standard InChI is InChI=1S/C14H11BrN2O4/c1-21-13-8-9(17(19)20)6-7-12(13)16-14(18)10-4-2-3-5-11(10)15/h2-8H,1H3,(H,16,18). The van der Waals surface area contributed by atoms with Crippen LogP contribution >= 0.6 is 15.9 Å². The number of anilines is 1. The molecule has 0 spiro atoms. The number of carbonyl (C=O) groups excluding carboxylic acids is 1. The largest absolute Gasteiger partial charge is 0.494 e. The number of rotatable bonds is 4. The fraction of sp³-hybridized carbons (Fsp3) is 0.0714. The molecule has 0 aliphatic heterocycles. The molecule has 2 aromatic rings. The van der Waals surface area contributed by atoms with Crippen molar-refractivity contribution in [2.45, 2.75) is 0 Å². The highest BCUT2D eigenvalue weighted by molar-refractivity contribution is 9.10. The molecule has 0 atom stereocenters. The number of nitrogens with zero attached hydrogens (tertiary/aromatic N) is 1. The quantitative estimate of drug-likeness (QED) is 0.674. The molecule has 7 heteroatoms. The maximum Gasteiger partial charge on any atom is 0.273 e. The molecule has 0 saturated carbocycles. The van der Waals surface area contributed by atoms with Crippen LogP contribution in [0.2, 0.25) is 0 Å².